The van der Waals surface area contributed by atoms with E-state index >= 15 is 0 Å². The highest BCUT2D eigenvalue weighted by molar-refractivity contribution is 6.22. The number of fused-ring (bicyclic) bond motifs is 9. The monoisotopic (exact) mass is 698 g/mol. The lowest BCUT2D eigenvalue weighted by Gasteiger charge is -2.15. The van der Waals surface area contributed by atoms with Crippen molar-refractivity contribution in [2.75, 3.05) is 0 Å². The number of hydrogen-bond acceptors (Lipinski definition) is 3. The van der Waals surface area contributed by atoms with E-state index in [-0.39, 0.29) is 0 Å². The third-order valence-corrected chi connectivity index (χ3v) is 11.4. The van der Waals surface area contributed by atoms with Crippen LogP contribution in [0, 0.1) is 0 Å². The van der Waals surface area contributed by atoms with Crippen molar-refractivity contribution in [3.63, 3.8) is 0 Å². The minimum atomic E-state index is 0.644. The summed E-state index contributed by atoms with van der Waals surface area (Å²) >= 11 is 0. The molecule has 2 aromatic heterocycles. The summed E-state index contributed by atoms with van der Waals surface area (Å²) in [5.41, 5.74) is 11.3. The van der Waals surface area contributed by atoms with Crippen molar-refractivity contribution in [2.45, 2.75) is 0 Å². The number of rotatable bonds is 4. The molecule has 0 spiro atoms. The standard InChI is InChI=1S/C51H30N4/c1-2-13-33(14-3-1)49-52-50(34-24-26-37-39-21-10-15-32-16-11-22-40(47(32)39)43(37)30-34)54-51(53-49)41-27-29-45(38-19-7-6-18-36(38)41)55-44-23-9-8-20-42(44)48-35-17-5-4-12-31(35)25-28-46(48)55/h1-30H. The molecule has 2 heterocycles. The molecule has 0 aliphatic heterocycles. The molecule has 0 bridgehead atoms. The van der Waals surface area contributed by atoms with Gasteiger partial charge in [0.2, 0.25) is 0 Å². The average molecular weight is 699 g/mol. The molecule has 4 heteroatoms. The predicted molar refractivity (Wildman–Crippen MR) is 227 cm³/mol. The number of benzene rings is 9. The normalized spacial score (nSPS) is 12.0. The van der Waals surface area contributed by atoms with Crippen LogP contribution in [-0.2, 0) is 0 Å². The first kappa shape index (κ1) is 30.1. The van der Waals surface area contributed by atoms with Crippen molar-refractivity contribution >= 4 is 54.1 Å². The molecule has 11 aromatic rings. The highest BCUT2D eigenvalue weighted by atomic mass is 15.0. The van der Waals surface area contributed by atoms with Crippen molar-refractivity contribution < 1.29 is 0 Å². The van der Waals surface area contributed by atoms with Crippen molar-refractivity contribution in [2.24, 2.45) is 0 Å². The summed E-state index contributed by atoms with van der Waals surface area (Å²) in [7, 11) is 0. The zero-order valence-corrected chi connectivity index (χ0v) is 29.6. The largest absolute Gasteiger partial charge is 0.309 e. The van der Waals surface area contributed by atoms with Crippen LogP contribution in [0.5, 0.6) is 0 Å². The molecule has 0 unspecified atom stereocenters. The average Bonchev–Trinajstić information content (AvgIpc) is 3.77. The molecule has 0 atom stereocenters. The summed E-state index contributed by atoms with van der Waals surface area (Å²) < 4.78 is 2.42. The minimum Gasteiger partial charge on any atom is -0.309 e. The SMILES string of the molecule is c1ccc(-c2nc(-c3ccc4c(c3)-c3cccc5cccc-4c35)nc(-c3ccc(-n4c5ccccc5c5c6ccccc6ccc54)c4ccccc34)n2)cc1. The zero-order chi connectivity index (χ0) is 36.0. The van der Waals surface area contributed by atoms with Gasteiger partial charge in [0, 0.05) is 32.8 Å². The van der Waals surface area contributed by atoms with E-state index in [1.165, 1.54) is 65.6 Å². The molecule has 254 valence electrons. The summed E-state index contributed by atoms with van der Waals surface area (Å²) in [5.74, 6) is 1.94. The van der Waals surface area contributed by atoms with Gasteiger partial charge in [-0.1, -0.05) is 152 Å². The van der Waals surface area contributed by atoms with Gasteiger partial charge >= 0.3 is 0 Å². The summed E-state index contributed by atoms with van der Waals surface area (Å²) in [4.78, 5) is 15.6. The molecule has 4 nitrogen and oxygen atoms in total. The Balaban J connectivity index is 1.08. The van der Waals surface area contributed by atoms with Gasteiger partial charge in [0.15, 0.2) is 17.5 Å². The lowest BCUT2D eigenvalue weighted by atomic mass is 10.0. The number of para-hydroxylation sites is 1. The Bertz CT molecular complexity index is 3370. The van der Waals surface area contributed by atoms with Crippen LogP contribution in [-0.4, -0.2) is 19.5 Å². The van der Waals surface area contributed by atoms with Gasteiger partial charge in [-0.05, 0) is 79.5 Å². The van der Waals surface area contributed by atoms with E-state index in [4.69, 9.17) is 15.0 Å². The Hall–Kier alpha value is -7.43. The van der Waals surface area contributed by atoms with Gasteiger partial charge in [0.1, 0.15) is 0 Å². The van der Waals surface area contributed by atoms with E-state index in [2.05, 4.69) is 168 Å². The molecular weight excluding hydrogens is 669 g/mol. The second-order valence-corrected chi connectivity index (χ2v) is 14.4. The van der Waals surface area contributed by atoms with Gasteiger partial charge in [-0.2, -0.15) is 0 Å². The topological polar surface area (TPSA) is 43.6 Å². The maximum Gasteiger partial charge on any atom is 0.164 e. The van der Waals surface area contributed by atoms with E-state index in [0.717, 1.165) is 33.2 Å². The quantitative estimate of drug-likeness (QED) is 0.184. The molecule has 1 aliphatic carbocycles. The molecular formula is C51H30N4. The Morgan fingerprint density at radius 1 is 0.309 bits per heavy atom. The summed E-state index contributed by atoms with van der Waals surface area (Å²) in [6.07, 6.45) is 0. The van der Waals surface area contributed by atoms with Crippen LogP contribution in [0.1, 0.15) is 0 Å². The molecule has 12 rings (SSSR count). The maximum atomic E-state index is 5.27. The van der Waals surface area contributed by atoms with E-state index in [1.54, 1.807) is 0 Å². The molecule has 9 aromatic carbocycles. The Morgan fingerprint density at radius 3 is 1.78 bits per heavy atom. The number of aromatic nitrogens is 4. The number of nitrogens with zero attached hydrogens (tertiary/aromatic N) is 4. The molecule has 0 saturated carbocycles. The van der Waals surface area contributed by atoms with Crippen molar-refractivity contribution in [1.82, 2.24) is 19.5 Å². The van der Waals surface area contributed by atoms with E-state index in [9.17, 15) is 0 Å². The fourth-order valence-electron chi connectivity index (χ4n) is 8.94. The van der Waals surface area contributed by atoms with Crippen molar-refractivity contribution in [1.29, 1.82) is 0 Å². The smallest absolute Gasteiger partial charge is 0.164 e. The zero-order valence-electron chi connectivity index (χ0n) is 29.6. The fraction of sp³-hybridized carbons (Fsp3) is 0. The third-order valence-electron chi connectivity index (χ3n) is 11.4. The molecule has 0 fully saturated rings. The second-order valence-electron chi connectivity index (χ2n) is 14.4. The fourth-order valence-corrected chi connectivity index (χ4v) is 8.94. The molecule has 1 aliphatic rings. The molecule has 0 N–H and O–H groups in total. The summed E-state index contributed by atoms with van der Waals surface area (Å²) in [5, 5.41) is 9.78. The van der Waals surface area contributed by atoms with Crippen molar-refractivity contribution in [3.05, 3.63) is 182 Å². The van der Waals surface area contributed by atoms with Crippen molar-refractivity contribution in [3.8, 4) is 62.1 Å². The highest BCUT2D eigenvalue weighted by Gasteiger charge is 2.23. The predicted octanol–water partition coefficient (Wildman–Crippen LogP) is 13.1. The number of hydrogen-bond donors (Lipinski definition) is 0. The lowest BCUT2D eigenvalue weighted by molar-refractivity contribution is 1.08. The van der Waals surface area contributed by atoms with Crippen LogP contribution in [0.2, 0.25) is 0 Å². The van der Waals surface area contributed by atoms with E-state index in [1.807, 2.05) is 18.2 Å². The van der Waals surface area contributed by atoms with Crippen LogP contribution in [0.3, 0.4) is 0 Å². The first-order valence-electron chi connectivity index (χ1n) is 18.7. The van der Waals surface area contributed by atoms with Gasteiger partial charge in [0.25, 0.3) is 0 Å². The summed E-state index contributed by atoms with van der Waals surface area (Å²) in [6, 6.07) is 65.0. The summed E-state index contributed by atoms with van der Waals surface area (Å²) in [6.45, 7) is 0. The van der Waals surface area contributed by atoms with Crippen LogP contribution < -0.4 is 0 Å². The molecule has 55 heavy (non-hydrogen) atoms. The molecule has 0 saturated heterocycles. The minimum absolute atomic E-state index is 0.644. The third kappa shape index (κ3) is 4.43. The van der Waals surface area contributed by atoms with Crippen LogP contribution in [0.4, 0.5) is 0 Å². The van der Waals surface area contributed by atoms with Gasteiger partial charge in [-0.3, -0.25) is 0 Å². The van der Waals surface area contributed by atoms with Gasteiger partial charge in [-0.25, -0.2) is 15.0 Å². The van der Waals surface area contributed by atoms with E-state index < -0.39 is 0 Å². The molecule has 0 radical (unpaired) electrons. The highest BCUT2D eigenvalue weighted by Crippen LogP contribution is 2.48. The first-order chi connectivity index (χ1) is 27.3. The first-order valence-corrected chi connectivity index (χ1v) is 18.7. The Labute approximate surface area is 316 Å². The van der Waals surface area contributed by atoms with Gasteiger partial charge in [0.05, 0.1) is 16.7 Å². The molecule has 0 amide bonds. The van der Waals surface area contributed by atoms with Gasteiger partial charge < -0.3 is 4.57 Å². The van der Waals surface area contributed by atoms with Gasteiger partial charge in [-0.15, -0.1) is 0 Å². The van der Waals surface area contributed by atoms with E-state index in [0.29, 0.717) is 17.5 Å². The Kier molecular flexibility index (Phi) is 6.31. The van der Waals surface area contributed by atoms with Crippen LogP contribution in [0.15, 0.2) is 182 Å². The maximum absolute atomic E-state index is 5.27. The Morgan fingerprint density at radius 2 is 0.945 bits per heavy atom. The lowest BCUT2D eigenvalue weighted by Crippen LogP contribution is -2.02. The van der Waals surface area contributed by atoms with Crippen LogP contribution in [0.25, 0.3) is 116 Å². The second kappa shape index (κ2) is 11.5. The van der Waals surface area contributed by atoms with Crippen LogP contribution >= 0.6 is 0 Å².